The number of rotatable bonds is 2. The molecule has 11 heavy (non-hydrogen) atoms. The zero-order chi connectivity index (χ0) is 8.10. The largest absolute Gasteiger partial charge is 0.262 e. The van der Waals surface area contributed by atoms with Gasteiger partial charge in [0.1, 0.15) is 0 Å². The lowest BCUT2D eigenvalue weighted by molar-refractivity contribution is 1.30. The molecular formula is C9H10N2. The molecule has 1 rings (SSSR count). The predicted octanol–water partition coefficient (Wildman–Crippen LogP) is 2.45. The average Bonchev–Trinajstić information content (AvgIpc) is 2.06. The minimum atomic E-state index is 0.825. The Kier molecular flexibility index (Phi) is 2.55. The first-order chi connectivity index (χ1) is 5.38. The average molecular weight is 146 g/mol. The van der Waals surface area contributed by atoms with Crippen LogP contribution >= 0.6 is 0 Å². The molecule has 1 heterocycles. The minimum absolute atomic E-state index is 0.825. The van der Waals surface area contributed by atoms with Crippen molar-refractivity contribution in [3.05, 3.63) is 30.1 Å². The molecule has 0 saturated heterocycles. The maximum absolute atomic E-state index is 3.93. The van der Waals surface area contributed by atoms with E-state index in [9.17, 15) is 0 Å². The molecule has 2 heteroatoms. The van der Waals surface area contributed by atoms with Crippen LogP contribution in [-0.2, 0) is 0 Å². The number of nitrogens with zero attached hydrogens (tertiary/aromatic N) is 2. The Bertz CT molecular complexity index is 277. The molecule has 0 saturated carbocycles. The molecule has 0 bridgehead atoms. The van der Waals surface area contributed by atoms with Gasteiger partial charge in [0.25, 0.3) is 0 Å². The molecule has 1 aromatic rings. The maximum atomic E-state index is 3.93. The first kappa shape index (κ1) is 7.66. The standard InChI is InChI=1S/C9H10N2/c1-3-4-8-5-6-11-7-9(8)10-2/h3-7H,2H2,1H3/b4-3-. The summed E-state index contributed by atoms with van der Waals surface area (Å²) in [5, 5.41) is 0. The van der Waals surface area contributed by atoms with E-state index in [0.717, 1.165) is 11.3 Å². The molecule has 56 valence electrons. The van der Waals surface area contributed by atoms with E-state index >= 15 is 0 Å². The third-order valence-corrected chi connectivity index (χ3v) is 1.35. The van der Waals surface area contributed by atoms with Gasteiger partial charge in [-0.25, -0.2) is 0 Å². The van der Waals surface area contributed by atoms with E-state index in [2.05, 4.69) is 16.7 Å². The number of aliphatic imine (C=N–C) groups is 1. The molecule has 0 atom stereocenters. The van der Waals surface area contributed by atoms with Crippen molar-refractivity contribution in [2.45, 2.75) is 6.92 Å². The van der Waals surface area contributed by atoms with E-state index in [-0.39, 0.29) is 0 Å². The van der Waals surface area contributed by atoms with Crippen LogP contribution in [0.5, 0.6) is 0 Å². The van der Waals surface area contributed by atoms with Gasteiger partial charge in [0, 0.05) is 11.8 Å². The van der Waals surface area contributed by atoms with Gasteiger partial charge in [-0.05, 0) is 19.7 Å². The van der Waals surface area contributed by atoms with Crippen LogP contribution in [0.1, 0.15) is 12.5 Å². The van der Waals surface area contributed by atoms with Crippen LogP contribution in [0.15, 0.2) is 29.5 Å². The summed E-state index contributed by atoms with van der Waals surface area (Å²) in [6.45, 7) is 5.42. The van der Waals surface area contributed by atoms with Gasteiger partial charge in [-0.3, -0.25) is 9.98 Å². The number of hydrogen-bond acceptors (Lipinski definition) is 2. The Balaban J connectivity index is 3.11. The molecule has 0 radical (unpaired) electrons. The molecule has 0 aliphatic rings. The van der Waals surface area contributed by atoms with Crippen LogP contribution in [0, 0.1) is 0 Å². The number of allylic oxidation sites excluding steroid dienone is 1. The Morgan fingerprint density at radius 1 is 1.64 bits per heavy atom. The van der Waals surface area contributed by atoms with Crippen molar-refractivity contribution in [1.29, 1.82) is 0 Å². The Hall–Kier alpha value is -1.44. The summed E-state index contributed by atoms with van der Waals surface area (Å²) in [5.41, 5.74) is 1.88. The van der Waals surface area contributed by atoms with Crippen LogP contribution < -0.4 is 0 Å². The highest BCUT2D eigenvalue weighted by atomic mass is 14.7. The molecule has 0 fully saturated rings. The second kappa shape index (κ2) is 3.66. The summed E-state index contributed by atoms with van der Waals surface area (Å²) >= 11 is 0. The van der Waals surface area contributed by atoms with Crippen molar-refractivity contribution in [1.82, 2.24) is 4.98 Å². The quantitative estimate of drug-likeness (QED) is 0.588. The second-order valence-electron chi connectivity index (χ2n) is 2.09. The summed E-state index contributed by atoms with van der Waals surface area (Å²) in [6.07, 6.45) is 7.38. The summed E-state index contributed by atoms with van der Waals surface area (Å²) in [5.74, 6) is 0. The van der Waals surface area contributed by atoms with Crippen LogP contribution in [0.3, 0.4) is 0 Å². The van der Waals surface area contributed by atoms with Crippen LogP contribution in [-0.4, -0.2) is 11.7 Å². The van der Waals surface area contributed by atoms with Crippen molar-refractivity contribution in [3.63, 3.8) is 0 Å². The number of hydrogen-bond donors (Lipinski definition) is 0. The lowest BCUT2D eigenvalue weighted by Crippen LogP contribution is -1.75. The van der Waals surface area contributed by atoms with Crippen molar-refractivity contribution >= 4 is 18.5 Å². The fourth-order valence-electron chi connectivity index (χ4n) is 0.849. The number of pyridine rings is 1. The van der Waals surface area contributed by atoms with E-state index in [0.29, 0.717) is 0 Å². The summed E-state index contributed by atoms with van der Waals surface area (Å²) in [4.78, 5) is 7.76. The lowest BCUT2D eigenvalue weighted by atomic mass is 10.2. The molecule has 0 aliphatic heterocycles. The van der Waals surface area contributed by atoms with E-state index in [1.807, 2.05) is 25.1 Å². The Morgan fingerprint density at radius 3 is 3.09 bits per heavy atom. The fourth-order valence-corrected chi connectivity index (χ4v) is 0.849. The molecule has 0 aromatic carbocycles. The highest BCUT2D eigenvalue weighted by Gasteiger charge is 1.92. The van der Waals surface area contributed by atoms with Crippen molar-refractivity contribution in [2.75, 3.05) is 0 Å². The summed E-state index contributed by atoms with van der Waals surface area (Å²) in [6, 6.07) is 1.91. The SMILES string of the molecule is C=Nc1cnccc1/C=C\C. The van der Waals surface area contributed by atoms with Gasteiger partial charge in [0.2, 0.25) is 0 Å². The molecule has 0 amide bonds. The minimum Gasteiger partial charge on any atom is -0.262 e. The lowest BCUT2D eigenvalue weighted by Gasteiger charge is -1.96. The molecule has 0 unspecified atom stereocenters. The van der Waals surface area contributed by atoms with E-state index in [1.54, 1.807) is 12.4 Å². The van der Waals surface area contributed by atoms with E-state index in [1.165, 1.54) is 0 Å². The van der Waals surface area contributed by atoms with Gasteiger partial charge in [-0.15, -0.1) is 0 Å². The summed E-state index contributed by atoms with van der Waals surface area (Å²) in [7, 11) is 0. The third kappa shape index (κ3) is 1.74. The third-order valence-electron chi connectivity index (χ3n) is 1.35. The highest BCUT2D eigenvalue weighted by Crippen LogP contribution is 2.17. The molecule has 0 N–H and O–H groups in total. The maximum Gasteiger partial charge on any atom is 0.0877 e. The predicted molar refractivity (Wildman–Crippen MR) is 48.2 cm³/mol. The van der Waals surface area contributed by atoms with Gasteiger partial charge in [0.05, 0.1) is 11.9 Å². The van der Waals surface area contributed by atoms with E-state index < -0.39 is 0 Å². The fraction of sp³-hybridized carbons (Fsp3) is 0.111. The Labute approximate surface area is 66.3 Å². The van der Waals surface area contributed by atoms with Crippen molar-refractivity contribution in [3.8, 4) is 0 Å². The molecule has 2 nitrogen and oxygen atoms in total. The molecule has 0 spiro atoms. The van der Waals surface area contributed by atoms with Crippen LogP contribution in [0.25, 0.3) is 6.08 Å². The summed E-state index contributed by atoms with van der Waals surface area (Å²) < 4.78 is 0. The first-order valence-corrected chi connectivity index (χ1v) is 3.42. The zero-order valence-corrected chi connectivity index (χ0v) is 6.49. The Morgan fingerprint density at radius 2 is 2.45 bits per heavy atom. The van der Waals surface area contributed by atoms with Gasteiger partial charge >= 0.3 is 0 Å². The molecule has 0 aliphatic carbocycles. The van der Waals surface area contributed by atoms with Gasteiger partial charge in [-0.2, -0.15) is 0 Å². The molecule has 1 aromatic heterocycles. The van der Waals surface area contributed by atoms with Gasteiger partial charge < -0.3 is 0 Å². The highest BCUT2D eigenvalue weighted by molar-refractivity contribution is 5.64. The number of aromatic nitrogens is 1. The van der Waals surface area contributed by atoms with Gasteiger partial charge in [-0.1, -0.05) is 12.2 Å². The zero-order valence-electron chi connectivity index (χ0n) is 6.49. The normalized spacial score (nSPS) is 10.3. The van der Waals surface area contributed by atoms with Crippen molar-refractivity contribution < 1.29 is 0 Å². The van der Waals surface area contributed by atoms with Gasteiger partial charge in [0.15, 0.2) is 0 Å². The van der Waals surface area contributed by atoms with Crippen molar-refractivity contribution in [2.24, 2.45) is 4.99 Å². The van der Waals surface area contributed by atoms with E-state index in [4.69, 9.17) is 0 Å². The van der Waals surface area contributed by atoms with Crippen LogP contribution in [0.2, 0.25) is 0 Å². The molecular weight excluding hydrogens is 136 g/mol. The topological polar surface area (TPSA) is 25.2 Å². The van der Waals surface area contributed by atoms with Crippen LogP contribution in [0.4, 0.5) is 5.69 Å². The first-order valence-electron chi connectivity index (χ1n) is 3.42. The monoisotopic (exact) mass is 146 g/mol. The second-order valence-corrected chi connectivity index (χ2v) is 2.09. The smallest absolute Gasteiger partial charge is 0.0877 e.